The highest BCUT2D eigenvalue weighted by atomic mass is 35.5. The molecule has 0 amide bonds. The van der Waals surface area contributed by atoms with Crippen molar-refractivity contribution in [3.8, 4) is 11.5 Å². The quantitative estimate of drug-likeness (QED) is 0.230. The molecule has 0 fully saturated rings. The molecule has 0 saturated carbocycles. The Hall–Kier alpha value is -1.10. The van der Waals surface area contributed by atoms with Gasteiger partial charge in [0.2, 0.25) is 0 Å². The van der Waals surface area contributed by atoms with Crippen molar-refractivity contribution in [2.45, 2.75) is 40.5 Å². The van der Waals surface area contributed by atoms with Gasteiger partial charge in [0.1, 0.15) is 29.2 Å². The fourth-order valence-corrected chi connectivity index (χ4v) is 2.30. The summed E-state index contributed by atoms with van der Waals surface area (Å²) in [6, 6.07) is 3.58. The van der Waals surface area contributed by atoms with Crippen LogP contribution >= 0.6 is 34.8 Å². The molecule has 0 N–H and O–H groups in total. The number of halogens is 3. The van der Waals surface area contributed by atoms with E-state index in [2.05, 4.69) is 19.0 Å². The summed E-state index contributed by atoms with van der Waals surface area (Å²) in [4.78, 5) is 5.29. The first-order valence-electron chi connectivity index (χ1n) is 8.54. The molecular formula is C19H26Cl3NO3. The molecule has 0 radical (unpaired) electrons. The lowest BCUT2D eigenvalue weighted by molar-refractivity contribution is 0.134. The predicted molar refractivity (Wildman–Crippen MR) is 110 cm³/mol. The summed E-state index contributed by atoms with van der Waals surface area (Å²) in [7, 11) is 0. The van der Waals surface area contributed by atoms with E-state index < -0.39 is 0 Å². The van der Waals surface area contributed by atoms with E-state index in [0.29, 0.717) is 35.7 Å². The standard InChI is InChI=1S/C19H26Cl3NO3/c1-13(2)15(4)23-26-9-6-5-8-25-19-14(3)11-16(12-17(19)20)24-10-7-18(21)22/h7,11-13H,5-6,8-10H2,1-4H3/b23-15+. The Bertz CT molecular complexity index is 603. The molecule has 1 aromatic carbocycles. The molecule has 0 spiro atoms. The zero-order valence-corrected chi connectivity index (χ0v) is 17.9. The number of rotatable bonds is 11. The highest BCUT2D eigenvalue weighted by Crippen LogP contribution is 2.33. The van der Waals surface area contributed by atoms with E-state index in [1.165, 1.54) is 0 Å². The van der Waals surface area contributed by atoms with Gasteiger partial charge in [-0.15, -0.1) is 0 Å². The first-order chi connectivity index (χ1) is 12.3. The second-order valence-electron chi connectivity index (χ2n) is 6.13. The van der Waals surface area contributed by atoms with Crippen molar-refractivity contribution in [2.24, 2.45) is 11.1 Å². The number of benzene rings is 1. The lowest BCUT2D eigenvalue weighted by atomic mass is 10.1. The van der Waals surface area contributed by atoms with E-state index in [-0.39, 0.29) is 11.1 Å². The Morgan fingerprint density at radius 2 is 1.85 bits per heavy atom. The largest absolute Gasteiger partial charge is 0.492 e. The first kappa shape index (κ1) is 22.9. The fraction of sp³-hybridized carbons (Fsp3) is 0.526. The summed E-state index contributed by atoms with van der Waals surface area (Å²) in [6.07, 6.45) is 3.27. The molecule has 1 aromatic rings. The van der Waals surface area contributed by atoms with Crippen LogP contribution in [0.5, 0.6) is 11.5 Å². The number of hydrogen-bond donors (Lipinski definition) is 0. The molecule has 4 nitrogen and oxygen atoms in total. The van der Waals surface area contributed by atoms with Gasteiger partial charge in [-0.25, -0.2) is 0 Å². The summed E-state index contributed by atoms with van der Waals surface area (Å²) in [5.41, 5.74) is 1.90. The summed E-state index contributed by atoms with van der Waals surface area (Å²) >= 11 is 17.4. The maximum absolute atomic E-state index is 6.29. The van der Waals surface area contributed by atoms with Gasteiger partial charge in [-0.1, -0.05) is 53.8 Å². The van der Waals surface area contributed by atoms with Gasteiger partial charge in [-0.05, 0) is 50.3 Å². The molecule has 146 valence electrons. The van der Waals surface area contributed by atoms with Crippen LogP contribution in [0.2, 0.25) is 5.02 Å². The van der Waals surface area contributed by atoms with Crippen LogP contribution in [0.3, 0.4) is 0 Å². The molecule has 0 atom stereocenters. The van der Waals surface area contributed by atoms with Gasteiger partial charge in [0.05, 0.1) is 17.3 Å². The third kappa shape index (κ3) is 9.02. The normalized spacial score (nSPS) is 11.5. The lowest BCUT2D eigenvalue weighted by Crippen LogP contribution is -2.04. The molecule has 7 heteroatoms. The van der Waals surface area contributed by atoms with E-state index in [4.69, 9.17) is 49.1 Å². The molecule has 0 heterocycles. The summed E-state index contributed by atoms with van der Waals surface area (Å²) < 4.78 is 11.5. The van der Waals surface area contributed by atoms with Crippen LogP contribution in [0, 0.1) is 12.8 Å². The molecule has 0 aliphatic heterocycles. The number of oxime groups is 1. The van der Waals surface area contributed by atoms with Gasteiger partial charge in [-0.3, -0.25) is 0 Å². The average Bonchev–Trinajstić information content (AvgIpc) is 2.55. The van der Waals surface area contributed by atoms with Gasteiger partial charge < -0.3 is 14.3 Å². The number of ether oxygens (including phenoxy) is 2. The summed E-state index contributed by atoms with van der Waals surface area (Å²) in [5.74, 6) is 1.70. The van der Waals surface area contributed by atoms with Crippen molar-refractivity contribution < 1.29 is 14.3 Å². The molecular weight excluding hydrogens is 397 g/mol. The van der Waals surface area contributed by atoms with Crippen molar-refractivity contribution >= 4 is 40.5 Å². The van der Waals surface area contributed by atoms with Crippen LogP contribution in [-0.2, 0) is 4.84 Å². The van der Waals surface area contributed by atoms with Crippen molar-refractivity contribution in [3.05, 3.63) is 33.3 Å². The minimum atomic E-state index is 0.168. The van der Waals surface area contributed by atoms with Gasteiger partial charge in [0, 0.05) is 6.07 Å². The molecule has 0 aromatic heterocycles. The average molecular weight is 423 g/mol. The molecule has 26 heavy (non-hydrogen) atoms. The zero-order valence-electron chi connectivity index (χ0n) is 15.7. The number of nitrogens with zero attached hydrogens (tertiary/aromatic N) is 1. The fourth-order valence-electron chi connectivity index (χ4n) is 1.86. The third-order valence-corrected chi connectivity index (χ3v) is 4.20. The monoisotopic (exact) mass is 421 g/mol. The molecule has 0 aliphatic rings. The van der Waals surface area contributed by atoms with Crippen LogP contribution in [0.25, 0.3) is 0 Å². The summed E-state index contributed by atoms with van der Waals surface area (Å²) in [6.45, 7) is 9.46. The van der Waals surface area contributed by atoms with Crippen molar-refractivity contribution in [1.29, 1.82) is 0 Å². The highest BCUT2D eigenvalue weighted by molar-refractivity contribution is 6.55. The smallest absolute Gasteiger partial charge is 0.141 e. The molecule has 0 unspecified atom stereocenters. The van der Waals surface area contributed by atoms with E-state index >= 15 is 0 Å². The molecule has 0 bridgehead atoms. The number of hydrogen-bond acceptors (Lipinski definition) is 4. The number of aryl methyl sites for hydroxylation is 1. The Balaban J connectivity index is 2.39. The Labute approximate surface area is 171 Å². The van der Waals surface area contributed by atoms with Gasteiger partial charge in [-0.2, -0.15) is 0 Å². The third-order valence-electron chi connectivity index (χ3n) is 3.61. The van der Waals surface area contributed by atoms with E-state index in [0.717, 1.165) is 24.1 Å². The Morgan fingerprint density at radius 1 is 1.15 bits per heavy atom. The van der Waals surface area contributed by atoms with Crippen LogP contribution in [0.4, 0.5) is 0 Å². The van der Waals surface area contributed by atoms with E-state index in [9.17, 15) is 0 Å². The van der Waals surface area contributed by atoms with Crippen molar-refractivity contribution in [3.63, 3.8) is 0 Å². The second kappa shape index (κ2) is 12.3. The number of unbranched alkanes of at least 4 members (excludes halogenated alkanes) is 1. The molecule has 0 aliphatic carbocycles. The lowest BCUT2D eigenvalue weighted by Gasteiger charge is -2.13. The predicted octanol–water partition coefficient (Wildman–Crippen LogP) is 6.55. The van der Waals surface area contributed by atoms with Crippen LogP contribution in [0.1, 0.15) is 39.2 Å². The minimum absolute atomic E-state index is 0.168. The summed E-state index contributed by atoms with van der Waals surface area (Å²) in [5, 5.41) is 4.58. The van der Waals surface area contributed by atoms with Crippen LogP contribution in [-0.4, -0.2) is 25.5 Å². The zero-order chi connectivity index (χ0) is 19.5. The van der Waals surface area contributed by atoms with Gasteiger partial charge >= 0.3 is 0 Å². The maximum atomic E-state index is 6.29. The maximum Gasteiger partial charge on any atom is 0.141 e. The molecule has 0 saturated heterocycles. The van der Waals surface area contributed by atoms with Gasteiger partial charge in [0.25, 0.3) is 0 Å². The SMILES string of the molecule is C/C(=N\OCCCCOc1c(C)cc(OCC=C(Cl)Cl)cc1Cl)C(C)C. The second-order valence-corrected chi connectivity index (χ2v) is 7.55. The minimum Gasteiger partial charge on any atom is -0.492 e. The van der Waals surface area contributed by atoms with E-state index in [1.807, 2.05) is 19.9 Å². The molecule has 1 rings (SSSR count). The Morgan fingerprint density at radius 3 is 2.46 bits per heavy atom. The van der Waals surface area contributed by atoms with E-state index in [1.54, 1.807) is 12.1 Å². The Kier molecular flexibility index (Phi) is 10.9. The topological polar surface area (TPSA) is 40.0 Å². The van der Waals surface area contributed by atoms with Crippen molar-refractivity contribution in [2.75, 3.05) is 19.8 Å². The van der Waals surface area contributed by atoms with Crippen molar-refractivity contribution in [1.82, 2.24) is 0 Å². The van der Waals surface area contributed by atoms with Crippen LogP contribution in [0.15, 0.2) is 27.9 Å². The van der Waals surface area contributed by atoms with Gasteiger partial charge in [0.15, 0.2) is 0 Å². The highest BCUT2D eigenvalue weighted by Gasteiger charge is 2.09. The first-order valence-corrected chi connectivity index (χ1v) is 9.68. The van der Waals surface area contributed by atoms with Crippen LogP contribution < -0.4 is 9.47 Å².